The SMILES string of the molecule is CCCCN(CCCC)CCCN1C(=O)C(=O)C(=C(O)c2ccc(F)cc2)C1c1cccc(F)c1. The molecule has 1 saturated heterocycles. The molecule has 2 aromatic carbocycles. The molecule has 1 aliphatic rings. The quantitative estimate of drug-likeness (QED) is 0.239. The number of carbonyl (C=O) groups is 2. The summed E-state index contributed by atoms with van der Waals surface area (Å²) < 4.78 is 27.5. The number of nitrogens with zero attached hydrogens (tertiary/aromatic N) is 2. The molecule has 1 amide bonds. The van der Waals surface area contributed by atoms with Gasteiger partial charge in [-0.05, 0) is 80.9 Å². The van der Waals surface area contributed by atoms with Crippen molar-refractivity contribution in [3.8, 4) is 0 Å². The molecule has 1 fully saturated rings. The molecule has 1 aliphatic heterocycles. The number of aliphatic hydroxyl groups excluding tert-OH is 1. The van der Waals surface area contributed by atoms with Gasteiger partial charge in [0.05, 0.1) is 11.6 Å². The van der Waals surface area contributed by atoms with E-state index in [1.165, 1.54) is 47.4 Å². The van der Waals surface area contributed by atoms with E-state index in [9.17, 15) is 23.5 Å². The largest absolute Gasteiger partial charge is 0.507 e. The summed E-state index contributed by atoms with van der Waals surface area (Å²) >= 11 is 0. The standard InChI is InChI=1S/C28H34F2N2O3/c1-3-5-15-31(16-6-4-2)17-8-18-32-25(21-9-7-10-23(30)19-21)24(27(34)28(32)35)26(33)20-11-13-22(29)14-12-20/h7,9-14,19,25,33H,3-6,8,15-18H2,1-2H3. The Hall–Kier alpha value is -3.06. The summed E-state index contributed by atoms with van der Waals surface area (Å²) in [5.41, 5.74) is 0.513. The van der Waals surface area contributed by atoms with Gasteiger partial charge in [-0.3, -0.25) is 9.59 Å². The third kappa shape index (κ3) is 6.54. The van der Waals surface area contributed by atoms with Gasteiger partial charge in [-0.1, -0.05) is 38.8 Å². The summed E-state index contributed by atoms with van der Waals surface area (Å²) in [4.78, 5) is 29.9. The van der Waals surface area contributed by atoms with Crippen molar-refractivity contribution >= 4 is 17.4 Å². The minimum atomic E-state index is -0.921. The van der Waals surface area contributed by atoms with E-state index in [0.29, 0.717) is 18.5 Å². The number of Topliss-reactive ketones (excluding diaryl/α,β-unsaturated/α-hetero) is 1. The molecule has 0 saturated carbocycles. The van der Waals surface area contributed by atoms with Gasteiger partial charge in [-0.15, -0.1) is 0 Å². The molecular formula is C28H34F2N2O3. The Bertz CT molecular complexity index is 1040. The zero-order valence-electron chi connectivity index (χ0n) is 20.5. The molecule has 0 bridgehead atoms. The van der Waals surface area contributed by atoms with Crippen molar-refractivity contribution in [3.05, 3.63) is 76.9 Å². The van der Waals surface area contributed by atoms with Gasteiger partial charge >= 0.3 is 0 Å². The number of hydrogen-bond donors (Lipinski definition) is 1. The maximum absolute atomic E-state index is 14.1. The smallest absolute Gasteiger partial charge is 0.295 e. The number of halogens is 2. The fraction of sp³-hybridized carbons (Fsp3) is 0.429. The summed E-state index contributed by atoms with van der Waals surface area (Å²) in [7, 11) is 0. The first-order valence-corrected chi connectivity index (χ1v) is 12.4. The van der Waals surface area contributed by atoms with Crippen LogP contribution in [0.3, 0.4) is 0 Å². The van der Waals surface area contributed by atoms with Crippen molar-refractivity contribution in [3.63, 3.8) is 0 Å². The molecule has 35 heavy (non-hydrogen) atoms. The summed E-state index contributed by atoms with van der Waals surface area (Å²) in [5, 5.41) is 11.0. The Morgan fingerprint density at radius 1 is 0.914 bits per heavy atom. The summed E-state index contributed by atoms with van der Waals surface area (Å²) in [6.07, 6.45) is 5.02. The molecule has 5 nitrogen and oxygen atoms in total. The van der Waals surface area contributed by atoms with Gasteiger partial charge in [0.1, 0.15) is 17.4 Å². The van der Waals surface area contributed by atoms with Gasteiger partial charge < -0.3 is 14.9 Å². The van der Waals surface area contributed by atoms with Crippen molar-refractivity contribution in [2.75, 3.05) is 26.2 Å². The second-order valence-electron chi connectivity index (χ2n) is 8.96. The van der Waals surface area contributed by atoms with Crippen LogP contribution in [0.5, 0.6) is 0 Å². The van der Waals surface area contributed by atoms with E-state index in [0.717, 1.165) is 45.3 Å². The van der Waals surface area contributed by atoms with E-state index in [2.05, 4.69) is 18.7 Å². The first kappa shape index (κ1) is 26.5. The minimum Gasteiger partial charge on any atom is -0.507 e. The molecule has 0 spiro atoms. The van der Waals surface area contributed by atoms with Gasteiger partial charge in [0.15, 0.2) is 0 Å². The number of hydrogen-bond acceptors (Lipinski definition) is 4. The lowest BCUT2D eigenvalue weighted by Crippen LogP contribution is -2.34. The zero-order valence-corrected chi connectivity index (χ0v) is 20.5. The zero-order chi connectivity index (χ0) is 25.4. The van der Waals surface area contributed by atoms with Crippen LogP contribution < -0.4 is 0 Å². The summed E-state index contributed by atoms with van der Waals surface area (Å²) in [6.45, 7) is 7.33. The fourth-order valence-corrected chi connectivity index (χ4v) is 4.46. The molecule has 0 aromatic heterocycles. The van der Waals surface area contributed by atoms with Crippen molar-refractivity contribution in [1.82, 2.24) is 9.80 Å². The first-order valence-electron chi connectivity index (χ1n) is 12.4. The molecule has 0 aliphatic carbocycles. The Labute approximate surface area is 206 Å². The van der Waals surface area contributed by atoms with Crippen LogP contribution >= 0.6 is 0 Å². The molecule has 0 radical (unpaired) electrons. The molecule has 1 heterocycles. The number of carbonyl (C=O) groups excluding carboxylic acids is 2. The average molecular weight is 485 g/mol. The molecule has 188 valence electrons. The van der Waals surface area contributed by atoms with E-state index < -0.39 is 35.1 Å². The van der Waals surface area contributed by atoms with Crippen molar-refractivity contribution in [2.45, 2.75) is 52.0 Å². The Kier molecular flexibility index (Phi) is 9.55. The number of aliphatic hydroxyl groups is 1. The molecule has 1 atom stereocenters. The highest BCUT2D eigenvalue weighted by Gasteiger charge is 2.45. The number of rotatable bonds is 12. The predicted octanol–water partition coefficient (Wildman–Crippen LogP) is 5.68. The highest BCUT2D eigenvalue weighted by atomic mass is 19.1. The van der Waals surface area contributed by atoms with E-state index in [1.807, 2.05) is 0 Å². The van der Waals surface area contributed by atoms with Gasteiger partial charge in [0.25, 0.3) is 11.7 Å². The van der Waals surface area contributed by atoms with Gasteiger partial charge in [-0.25, -0.2) is 8.78 Å². The third-order valence-electron chi connectivity index (χ3n) is 6.35. The van der Waals surface area contributed by atoms with Crippen LogP contribution in [-0.4, -0.2) is 52.8 Å². The van der Waals surface area contributed by atoms with E-state index >= 15 is 0 Å². The normalized spacial score (nSPS) is 17.5. The van der Waals surface area contributed by atoms with E-state index in [4.69, 9.17) is 0 Å². The van der Waals surface area contributed by atoms with Gasteiger partial charge in [-0.2, -0.15) is 0 Å². The second-order valence-corrected chi connectivity index (χ2v) is 8.96. The summed E-state index contributed by atoms with van der Waals surface area (Å²) in [6, 6.07) is 9.83. The lowest BCUT2D eigenvalue weighted by molar-refractivity contribution is -0.140. The van der Waals surface area contributed by atoms with Crippen LogP contribution in [0.15, 0.2) is 54.1 Å². The number of ketones is 1. The fourth-order valence-electron chi connectivity index (χ4n) is 4.46. The van der Waals surface area contributed by atoms with Gasteiger partial charge in [0.2, 0.25) is 0 Å². The van der Waals surface area contributed by atoms with Crippen LogP contribution in [-0.2, 0) is 9.59 Å². The molecule has 1 N–H and O–H groups in total. The molecule has 7 heteroatoms. The minimum absolute atomic E-state index is 0.110. The Morgan fingerprint density at radius 2 is 1.54 bits per heavy atom. The highest BCUT2D eigenvalue weighted by Crippen LogP contribution is 2.39. The van der Waals surface area contributed by atoms with Crippen LogP contribution in [0.25, 0.3) is 5.76 Å². The van der Waals surface area contributed by atoms with Crippen molar-refractivity contribution in [1.29, 1.82) is 0 Å². The Morgan fingerprint density at radius 3 is 2.14 bits per heavy atom. The van der Waals surface area contributed by atoms with Crippen LogP contribution in [0, 0.1) is 11.6 Å². The number of likely N-dealkylation sites (tertiary alicyclic amines) is 1. The highest BCUT2D eigenvalue weighted by molar-refractivity contribution is 6.46. The maximum Gasteiger partial charge on any atom is 0.295 e. The maximum atomic E-state index is 14.1. The van der Waals surface area contributed by atoms with Crippen molar-refractivity contribution < 1.29 is 23.5 Å². The number of benzene rings is 2. The van der Waals surface area contributed by atoms with Crippen molar-refractivity contribution in [2.24, 2.45) is 0 Å². The topological polar surface area (TPSA) is 60.9 Å². The average Bonchev–Trinajstić information content (AvgIpc) is 3.10. The Balaban J connectivity index is 1.91. The molecule has 1 unspecified atom stereocenters. The molecular weight excluding hydrogens is 450 g/mol. The number of unbranched alkanes of at least 4 members (excludes halogenated alkanes) is 2. The van der Waals surface area contributed by atoms with Gasteiger partial charge in [0, 0.05) is 12.1 Å². The lowest BCUT2D eigenvalue weighted by Gasteiger charge is -2.27. The first-order chi connectivity index (χ1) is 16.9. The van der Waals surface area contributed by atoms with E-state index in [1.54, 1.807) is 6.07 Å². The number of amides is 1. The molecule has 2 aromatic rings. The van der Waals surface area contributed by atoms with Crippen LogP contribution in [0.2, 0.25) is 0 Å². The summed E-state index contributed by atoms with van der Waals surface area (Å²) in [5.74, 6) is -2.93. The van der Waals surface area contributed by atoms with Crippen LogP contribution in [0.4, 0.5) is 8.78 Å². The van der Waals surface area contributed by atoms with Crippen LogP contribution in [0.1, 0.15) is 63.1 Å². The van der Waals surface area contributed by atoms with E-state index in [-0.39, 0.29) is 11.1 Å². The predicted molar refractivity (Wildman–Crippen MR) is 133 cm³/mol. The third-order valence-corrected chi connectivity index (χ3v) is 6.35. The monoisotopic (exact) mass is 484 g/mol. The second kappa shape index (κ2) is 12.6. The molecule has 3 rings (SSSR count). The lowest BCUT2D eigenvalue weighted by atomic mass is 9.95.